The minimum atomic E-state index is -0.416. The molecule has 106 valence electrons. The van der Waals surface area contributed by atoms with E-state index in [-0.39, 0.29) is 18.4 Å². The molecule has 0 aliphatic heterocycles. The van der Waals surface area contributed by atoms with Gasteiger partial charge in [0.05, 0.1) is 18.6 Å². The largest absolute Gasteiger partial charge is 0.394 e. The van der Waals surface area contributed by atoms with E-state index in [1.54, 1.807) is 35.6 Å². The summed E-state index contributed by atoms with van der Waals surface area (Å²) in [5.74, 6) is -0.333. The molecule has 0 radical (unpaired) electrons. The van der Waals surface area contributed by atoms with Gasteiger partial charge in [0.2, 0.25) is 5.91 Å². The smallest absolute Gasteiger partial charge is 0.227 e. The first-order valence-corrected chi connectivity index (χ1v) is 7.62. The molecular weight excluding hydrogens is 294 g/mol. The molecule has 1 aromatic heterocycles. The topological polar surface area (TPSA) is 49.3 Å². The summed E-state index contributed by atoms with van der Waals surface area (Å²) in [5, 5.41) is 16.9. The Bertz CT molecular complexity index is 554. The fourth-order valence-electron chi connectivity index (χ4n) is 1.90. The Morgan fingerprint density at radius 2 is 2.00 bits per heavy atom. The number of hydrogen-bond donors (Lipinski definition) is 2. The first-order valence-electron chi connectivity index (χ1n) is 6.30. The summed E-state index contributed by atoms with van der Waals surface area (Å²) >= 11 is 7.40. The van der Waals surface area contributed by atoms with E-state index in [1.807, 2.05) is 23.8 Å². The van der Waals surface area contributed by atoms with Crippen LogP contribution in [0.1, 0.15) is 30.0 Å². The van der Waals surface area contributed by atoms with Crippen LogP contribution in [0, 0.1) is 0 Å². The normalized spacial score (nSPS) is 13.8. The lowest BCUT2D eigenvalue weighted by atomic mass is 10.0. The maximum Gasteiger partial charge on any atom is 0.227 e. The van der Waals surface area contributed by atoms with Crippen LogP contribution in [-0.2, 0) is 4.79 Å². The van der Waals surface area contributed by atoms with Gasteiger partial charge in [0.25, 0.3) is 0 Å². The molecule has 0 bridgehead atoms. The second kappa shape index (κ2) is 6.88. The van der Waals surface area contributed by atoms with Gasteiger partial charge < -0.3 is 10.4 Å². The van der Waals surface area contributed by atoms with Gasteiger partial charge >= 0.3 is 0 Å². The molecular formula is C15H16ClNO2S. The monoisotopic (exact) mass is 309 g/mol. The number of carbonyl (C=O) groups excluding carboxylic acids is 1. The molecule has 0 spiro atoms. The van der Waals surface area contributed by atoms with Crippen LogP contribution in [0.25, 0.3) is 0 Å². The van der Waals surface area contributed by atoms with Gasteiger partial charge in [-0.15, -0.1) is 0 Å². The fraction of sp³-hybridized carbons (Fsp3) is 0.267. The summed E-state index contributed by atoms with van der Waals surface area (Å²) in [6.07, 6.45) is 0. The standard InChI is InChI=1S/C15H16ClNO2S/c1-10(12-6-7-20-9-12)15(19)17-14(8-18)11-2-4-13(16)5-3-11/h2-7,9-10,14,18H,8H2,1H3,(H,17,19). The molecule has 2 N–H and O–H groups in total. The van der Waals surface area contributed by atoms with Crippen LogP contribution in [0.3, 0.4) is 0 Å². The van der Waals surface area contributed by atoms with Gasteiger partial charge in [0.1, 0.15) is 0 Å². The molecule has 0 saturated carbocycles. The van der Waals surface area contributed by atoms with Crippen LogP contribution >= 0.6 is 22.9 Å². The zero-order valence-corrected chi connectivity index (χ0v) is 12.6. The van der Waals surface area contributed by atoms with Crippen LogP contribution in [0.4, 0.5) is 0 Å². The number of amides is 1. The van der Waals surface area contributed by atoms with Crippen molar-refractivity contribution in [1.82, 2.24) is 5.32 Å². The van der Waals surface area contributed by atoms with Crippen molar-refractivity contribution in [2.45, 2.75) is 18.9 Å². The summed E-state index contributed by atoms with van der Waals surface area (Å²) in [5.41, 5.74) is 1.82. The van der Waals surface area contributed by atoms with Gasteiger partial charge in [-0.3, -0.25) is 4.79 Å². The Hall–Kier alpha value is -1.36. The van der Waals surface area contributed by atoms with Crippen LogP contribution in [-0.4, -0.2) is 17.6 Å². The summed E-state index contributed by atoms with van der Waals surface area (Å²) in [6, 6.07) is 8.62. The zero-order chi connectivity index (χ0) is 14.5. The molecule has 1 heterocycles. The number of halogens is 1. The minimum Gasteiger partial charge on any atom is -0.394 e. The minimum absolute atomic E-state index is 0.0996. The molecule has 1 amide bonds. The second-order valence-electron chi connectivity index (χ2n) is 4.57. The quantitative estimate of drug-likeness (QED) is 0.890. The van der Waals surface area contributed by atoms with Gasteiger partial charge in [-0.05, 0) is 47.0 Å². The molecule has 2 unspecified atom stereocenters. The molecule has 0 aliphatic rings. The molecule has 20 heavy (non-hydrogen) atoms. The maximum absolute atomic E-state index is 12.2. The van der Waals surface area contributed by atoms with Gasteiger partial charge in [0, 0.05) is 5.02 Å². The molecule has 1 aromatic carbocycles. The van der Waals surface area contributed by atoms with E-state index >= 15 is 0 Å². The van der Waals surface area contributed by atoms with E-state index in [1.165, 1.54) is 0 Å². The summed E-state index contributed by atoms with van der Waals surface area (Å²) in [7, 11) is 0. The summed E-state index contributed by atoms with van der Waals surface area (Å²) < 4.78 is 0. The third-order valence-electron chi connectivity index (χ3n) is 3.21. The first kappa shape index (κ1) is 15.0. The lowest BCUT2D eigenvalue weighted by molar-refractivity contribution is -0.123. The summed E-state index contributed by atoms with van der Waals surface area (Å²) in [6.45, 7) is 1.71. The molecule has 0 fully saturated rings. The van der Waals surface area contributed by atoms with E-state index in [0.717, 1.165) is 11.1 Å². The highest BCUT2D eigenvalue weighted by Crippen LogP contribution is 2.21. The Kier molecular flexibility index (Phi) is 5.17. The van der Waals surface area contributed by atoms with Crippen LogP contribution in [0.5, 0.6) is 0 Å². The number of nitrogens with one attached hydrogen (secondary N) is 1. The van der Waals surface area contributed by atoms with Gasteiger partial charge in [-0.25, -0.2) is 0 Å². The lowest BCUT2D eigenvalue weighted by Crippen LogP contribution is -2.33. The van der Waals surface area contributed by atoms with E-state index in [9.17, 15) is 9.90 Å². The van der Waals surface area contributed by atoms with Gasteiger partial charge in [-0.1, -0.05) is 23.7 Å². The second-order valence-corrected chi connectivity index (χ2v) is 5.79. The van der Waals surface area contributed by atoms with Crippen molar-refractivity contribution in [3.63, 3.8) is 0 Å². The number of carbonyl (C=O) groups is 1. The third-order valence-corrected chi connectivity index (χ3v) is 4.16. The molecule has 2 atom stereocenters. The van der Waals surface area contributed by atoms with Crippen LogP contribution in [0.2, 0.25) is 5.02 Å². The molecule has 3 nitrogen and oxygen atoms in total. The van der Waals surface area contributed by atoms with Crippen molar-refractivity contribution in [3.05, 3.63) is 57.2 Å². The number of aliphatic hydroxyl groups is 1. The predicted molar refractivity (Wildman–Crippen MR) is 82.2 cm³/mol. The number of thiophene rings is 1. The zero-order valence-electron chi connectivity index (χ0n) is 11.0. The van der Waals surface area contributed by atoms with Crippen molar-refractivity contribution in [3.8, 4) is 0 Å². The average molecular weight is 310 g/mol. The Morgan fingerprint density at radius 3 is 2.55 bits per heavy atom. The Balaban J connectivity index is 2.06. The Morgan fingerprint density at radius 1 is 1.30 bits per heavy atom. The van der Waals surface area contributed by atoms with Crippen LogP contribution < -0.4 is 5.32 Å². The molecule has 2 rings (SSSR count). The highest BCUT2D eigenvalue weighted by Gasteiger charge is 2.20. The van der Waals surface area contributed by atoms with Crippen molar-refractivity contribution in [2.24, 2.45) is 0 Å². The van der Waals surface area contributed by atoms with E-state index in [2.05, 4.69) is 5.32 Å². The predicted octanol–water partition coefficient (Wildman–Crippen LogP) is 3.35. The number of benzene rings is 1. The maximum atomic E-state index is 12.2. The van der Waals surface area contributed by atoms with Crippen molar-refractivity contribution < 1.29 is 9.90 Å². The number of aliphatic hydroxyl groups excluding tert-OH is 1. The molecule has 0 aliphatic carbocycles. The van der Waals surface area contributed by atoms with Crippen molar-refractivity contribution >= 4 is 28.8 Å². The molecule has 5 heteroatoms. The van der Waals surface area contributed by atoms with Crippen molar-refractivity contribution in [1.29, 1.82) is 0 Å². The number of rotatable bonds is 5. The van der Waals surface area contributed by atoms with Gasteiger partial charge in [-0.2, -0.15) is 11.3 Å². The SMILES string of the molecule is CC(C(=O)NC(CO)c1ccc(Cl)cc1)c1ccsc1. The third kappa shape index (κ3) is 3.60. The summed E-state index contributed by atoms with van der Waals surface area (Å²) in [4.78, 5) is 12.2. The fourth-order valence-corrected chi connectivity index (χ4v) is 2.78. The lowest BCUT2D eigenvalue weighted by Gasteiger charge is -2.19. The van der Waals surface area contributed by atoms with E-state index in [4.69, 9.17) is 11.6 Å². The molecule has 0 saturated heterocycles. The average Bonchev–Trinajstić information content (AvgIpc) is 2.99. The number of hydrogen-bond acceptors (Lipinski definition) is 3. The highest BCUT2D eigenvalue weighted by molar-refractivity contribution is 7.08. The van der Waals surface area contributed by atoms with E-state index in [0.29, 0.717) is 5.02 Å². The highest BCUT2D eigenvalue weighted by atomic mass is 35.5. The van der Waals surface area contributed by atoms with Gasteiger partial charge in [0.15, 0.2) is 0 Å². The van der Waals surface area contributed by atoms with Crippen molar-refractivity contribution in [2.75, 3.05) is 6.61 Å². The van der Waals surface area contributed by atoms with Crippen LogP contribution in [0.15, 0.2) is 41.1 Å². The first-order chi connectivity index (χ1) is 9.61. The van der Waals surface area contributed by atoms with E-state index < -0.39 is 6.04 Å². The Labute approximate surface area is 127 Å². The molecule has 2 aromatic rings.